The maximum atomic E-state index is 12.8. The van der Waals surface area contributed by atoms with Gasteiger partial charge in [0.2, 0.25) is 11.9 Å². The molecule has 1 N–H and O–H groups in total. The lowest BCUT2D eigenvalue weighted by Crippen LogP contribution is -2.51. The van der Waals surface area contributed by atoms with Crippen LogP contribution in [0, 0.1) is 0 Å². The average Bonchev–Trinajstić information content (AvgIpc) is 3.64. The van der Waals surface area contributed by atoms with Crippen molar-refractivity contribution in [3.05, 3.63) is 48.7 Å². The van der Waals surface area contributed by atoms with Gasteiger partial charge >= 0.3 is 0 Å². The highest BCUT2D eigenvalue weighted by Crippen LogP contribution is 2.28. The van der Waals surface area contributed by atoms with Crippen molar-refractivity contribution >= 4 is 34.7 Å². The van der Waals surface area contributed by atoms with E-state index in [1.807, 2.05) is 47.1 Å². The molecule has 0 aliphatic carbocycles. The van der Waals surface area contributed by atoms with Crippen LogP contribution in [0.1, 0.15) is 6.42 Å². The second-order valence-corrected chi connectivity index (χ2v) is 10.0. The first-order valence-electron chi connectivity index (χ1n) is 11.8. The molecule has 3 aliphatic rings. The zero-order chi connectivity index (χ0) is 22.2. The summed E-state index contributed by atoms with van der Waals surface area (Å²) in [6, 6.07) is 14.6. The smallest absolute Gasteiger partial charge is 0.240 e. The van der Waals surface area contributed by atoms with Gasteiger partial charge in [0.15, 0.2) is 0 Å². The number of fused-ring (bicyclic) bond motifs is 1. The van der Waals surface area contributed by atoms with E-state index in [0.717, 1.165) is 80.1 Å². The molecule has 3 saturated heterocycles. The Morgan fingerprint density at radius 1 is 1.03 bits per heavy atom. The third kappa shape index (κ3) is 3.98. The van der Waals surface area contributed by atoms with Crippen molar-refractivity contribution in [1.29, 1.82) is 0 Å². The molecule has 0 radical (unpaired) electrons. The minimum atomic E-state index is -0.0277. The van der Waals surface area contributed by atoms with Crippen molar-refractivity contribution in [1.82, 2.24) is 29.7 Å². The van der Waals surface area contributed by atoms with Crippen LogP contribution < -0.4 is 10.2 Å². The second kappa shape index (κ2) is 8.96. The molecule has 1 aromatic carbocycles. The van der Waals surface area contributed by atoms with E-state index in [1.54, 1.807) is 0 Å². The average molecular weight is 464 g/mol. The Bertz CT molecular complexity index is 1120. The SMILES string of the molecule is O=C([C@@H]1C[C@H](N2CCN(c3nc4ccccc4n3-c3ccccn3)CC2)CN1)N1CCSC1. The Hall–Kier alpha value is -2.62. The number of piperazine rings is 1. The lowest BCUT2D eigenvalue weighted by Gasteiger charge is -2.38. The summed E-state index contributed by atoms with van der Waals surface area (Å²) in [5.41, 5.74) is 2.07. The molecular weight excluding hydrogens is 434 g/mol. The largest absolute Gasteiger partial charge is 0.339 e. The van der Waals surface area contributed by atoms with Gasteiger partial charge in [0.05, 0.1) is 23.0 Å². The first-order chi connectivity index (χ1) is 16.3. The fourth-order valence-electron chi connectivity index (χ4n) is 5.22. The van der Waals surface area contributed by atoms with E-state index in [9.17, 15) is 4.79 Å². The predicted molar refractivity (Wildman–Crippen MR) is 132 cm³/mol. The Balaban J connectivity index is 1.16. The van der Waals surface area contributed by atoms with Crippen LogP contribution in [0.25, 0.3) is 16.9 Å². The minimum absolute atomic E-state index is 0.0277. The van der Waals surface area contributed by atoms with E-state index in [1.165, 1.54) is 0 Å². The number of nitrogens with zero attached hydrogens (tertiary/aromatic N) is 6. The lowest BCUT2D eigenvalue weighted by molar-refractivity contribution is -0.131. The number of carbonyl (C=O) groups excluding carboxylic acids is 1. The van der Waals surface area contributed by atoms with Gasteiger partial charge in [-0.05, 0) is 30.7 Å². The minimum Gasteiger partial charge on any atom is -0.339 e. The molecule has 0 saturated carbocycles. The summed E-state index contributed by atoms with van der Waals surface area (Å²) in [5.74, 6) is 4.04. The Morgan fingerprint density at radius 2 is 1.88 bits per heavy atom. The summed E-state index contributed by atoms with van der Waals surface area (Å²) >= 11 is 1.85. The van der Waals surface area contributed by atoms with Gasteiger partial charge in [-0.15, -0.1) is 11.8 Å². The molecule has 33 heavy (non-hydrogen) atoms. The fourth-order valence-corrected chi connectivity index (χ4v) is 6.17. The third-order valence-corrected chi connectivity index (χ3v) is 7.97. The van der Waals surface area contributed by atoms with Gasteiger partial charge in [-0.1, -0.05) is 18.2 Å². The first-order valence-corrected chi connectivity index (χ1v) is 12.9. The molecule has 3 fully saturated rings. The molecular formula is C24H29N7OS. The number of nitrogens with one attached hydrogen (secondary N) is 1. The normalized spacial score (nSPS) is 24.1. The number of amides is 1. The summed E-state index contributed by atoms with van der Waals surface area (Å²) < 4.78 is 2.17. The van der Waals surface area contributed by atoms with Gasteiger partial charge in [0, 0.05) is 57.3 Å². The molecule has 0 spiro atoms. The van der Waals surface area contributed by atoms with Gasteiger partial charge in [-0.25, -0.2) is 9.97 Å². The lowest BCUT2D eigenvalue weighted by atomic mass is 10.1. The summed E-state index contributed by atoms with van der Waals surface area (Å²) in [7, 11) is 0. The van der Waals surface area contributed by atoms with Crippen molar-refractivity contribution in [2.75, 3.05) is 55.8 Å². The number of benzene rings is 1. The van der Waals surface area contributed by atoms with Crippen LogP contribution in [0.3, 0.4) is 0 Å². The van der Waals surface area contributed by atoms with E-state index in [4.69, 9.17) is 4.98 Å². The molecule has 5 heterocycles. The number of para-hydroxylation sites is 2. The standard InChI is InChI=1S/C24H29N7OS/c32-23(30-13-14-33-17-30)20-15-18(16-26-20)28-9-11-29(12-10-28)24-27-19-5-1-2-6-21(19)31(24)22-7-3-4-8-25-22/h1-8,18,20,26H,9-17H2/t18-,20-/m0/s1. The predicted octanol–water partition coefficient (Wildman–Crippen LogP) is 1.81. The van der Waals surface area contributed by atoms with Crippen molar-refractivity contribution in [2.24, 2.45) is 0 Å². The Morgan fingerprint density at radius 3 is 2.67 bits per heavy atom. The van der Waals surface area contributed by atoms with Crippen molar-refractivity contribution in [3.63, 3.8) is 0 Å². The molecule has 2 aromatic heterocycles. The highest BCUT2D eigenvalue weighted by atomic mass is 32.2. The number of hydrogen-bond acceptors (Lipinski definition) is 7. The highest BCUT2D eigenvalue weighted by molar-refractivity contribution is 7.99. The van der Waals surface area contributed by atoms with Gasteiger partial charge < -0.3 is 15.1 Å². The summed E-state index contributed by atoms with van der Waals surface area (Å²) in [6.45, 7) is 5.55. The zero-order valence-corrected chi connectivity index (χ0v) is 19.5. The highest BCUT2D eigenvalue weighted by Gasteiger charge is 2.37. The van der Waals surface area contributed by atoms with Gasteiger partial charge in [-0.3, -0.25) is 14.3 Å². The first kappa shape index (κ1) is 20.9. The Kier molecular flexibility index (Phi) is 5.69. The van der Waals surface area contributed by atoms with Gasteiger partial charge in [0.1, 0.15) is 5.82 Å². The molecule has 172 valence electrons. The fraction of sp³-hybridized carbons (Fsp3) is 0.458. The van der Waals surface area contributed by atoms with Gasteiger partial charge in [0.25, 0.3) is 0 Å². The van der Waals surface area contributed by atoms with Crippen LogP contribution in [-0.2, 0) is 4.79 Å². The maximum Gasteiger partial charge on any atom is 0.240 e. The van der Waals surface area contributed by atoms with Crippen LogP contribution in [0.2, 0.25) is 0 Å². The molecule has 2 atom stereocenters. The summed E-state index contributed by atoms with van der Waals surface area (Å²) in [6.07, 6.45) is 2.74. The molecule has 3 aromatic rings. The molecule has 8 nitrogen and oxygen atoms in total. The number of imidazole rings is 1. The topological polar surface area (TPSA) is 69.5 Å². The van der Waals surface area contributed by atoms with Crippen molar-refractivity contribution in [3.8, 4) is 5.82 Å². The van der Waals surface area contributed by atoms with E-state index in [-0.39, 0.29) is 11.9 Å². The van der Waals surface area contributed by atoms with Crippen LogP contribution in [-0.4, -0.2) is 93.2 Å². The Labute approximate surface area is 198 Å². The molecule has 0 unspecified atom stereocenters. The van der Waals surface area contributed by atoms with Crippen LogP contribution in [0.4, 0.5) is 5.95 Å². The van der Waals surface area contributed by atoms with Crippen LogP contribution in [0.15, 0.2) is 48.7 Å². The molecule has 1 amide bonds. The molecule has 0 bridgehead atoms. The molecule has 3 aliphatic heterocycles. The monoisotopic (exact) mass is 463 g/mol. The number of pyridine rings is 1. The van der Waals surface area contributed by atoms with Crippen LogP contribution in [0.5, 0.6) is 0 Å². The summed E-state index contributed by atoms with van der Waals surface area (Å²) in [4.78, 5) is 29.3. The van der Waals surface area contributed by atoms with Crippen molar-refractivity contribution in [2.45, 2.75) is 18.5 Å². The number of rotatable bonds is 4. The molecule has 9 heteroatoms. The van der Waals surface area contributed by atoms with Gasteiger partial charge in [-0.2, -0.15) is 0 Å². The third-order valence-electron chi connectivity index (χ3n) is 7.01. The number of carbonyl (C=O) groups is 1. The van der Waals surface area contributed by atoms with Crippen LogP contribution >= 0.6 is 11.8 Å². The number of thioether (sulfide) groups is 1. The quantitative estimate of drug-likeness (QED) is 0.633. The van der Waals surface area contributed by atoms with E-state index in [2.05, 4.69) is 42.9 Å². The van der Waals surface area contributed by atoms with E-state index >= 15 is 0 Å². The second-order valence-electron chi connectivity index (χ2n) is 8.94. The number of hydrogen-bond donors (Lipinski definition) is 1. The number of aromatic nitrogens is 3. The van der Waals surface area contributed by atoms with E-state index in [0.29, 0.717) is 6.04 Å². The van der Waals surface area contributed by atoms with Crippen molar-refractivity contribution < 1.29 is 4.79 Å². The summed E-state index contributed by atoms with van der Waals surface area (Å²) in [5, 5.41) is 3.49. The zero-order valence-electron chi connectivity index (χ0n) is 18.6. The number of anilines is 1. The maximum absolute atomic E-state index is 12.8. The molecule has 6 rings (SSSR count). The van der Waals surface area contributed by atoms with E-state index < -0.39 is 0 Å².